The first-order valence-electron chi connectivity index (χ1n) is 8.00. The molecule has 0 aliphatic heterocycles. The molecule has 1 N–H and O–H groups in total. The van der Waals surface area contributed by atoms with Crippen LogP contribution in [0, 0.1) is 0 Å². The van der Waals surface area contributed by atoms with Crippen LogP contribution in [-0.4, -0.2) is 30.2 Å². The Hall–Kier alpha value is -3.52. The van der Waals surface area contributed by atoms with E-state index in [0.717, 1.165) is 0 Å². The molecule has 134 valence electrons. The number of para-hydroxylation sites is 1. The zero-order valence-corrected chi connectivity index (χ0v) is 14.7. The van der Waals surface area contributed by atoms with Gasteiger partial charge in [-0.1, -0.05) is 23.7 Å². The summed E-state index contributed by atoms with van der Waals surface area (Å²) in [4.78, 5) is 33.2. The molecule has 0 unspecified atom stereocenters. The molecule has 0 fully saturated rings. The summed E-state index contributed by atoms with van der Waals surface area (Å²) < 4.78 is 2.77. The molecule has 0 bridgehead atoms. The standard InChI is InChI=1S/C18H13ClN6O2/c19-12-5-6-16(25-10-20-9-22-25)15(7-12)23-17(26)8-24-11-21-14-4-2-1-3-13(14)18(24)27/h1-7,9-11H,8H2,(H,23,26). The number of anilines is 1. The van der Waals surface area contributed by atoms with E-state index in [1.165, 1.54) is 28.2 Å². The molecule has 0 radical (unpaired) electrons. The molecule has 2 aromatic carbocycles. The second-order valence-electron chi connectivity index (χ2n) is 5.74. The Labute approximate surface area is 158 Å². The Balaban J connectivity index is 1.62. The van der Waals surface area contributed by atoms with E-state index in [9.17, 15) is 9.59 Å². The van der Waals surface area contributed by atoms with Gasteiger partial charge in [-0.15, -0.1) is 0 Å². The zero-order valence-electron chi connectivity index (χ0n) is 13.9. The number of rotatable bonds is 4. The van der Waals surface area contributed by atoms with E-state index in [-0.39, 0.29) is 12.1 Å². The molecule has 4 rings (SSSR count). The lowest BCUT2D eigenvalue weighted by molar-refractivity contribution is -0.116. The van der Waals surface area contributed by atoms with E-state index in [4.69, 9.17) is 11.6 Å². The maximum Gasteiger partial charge on any atom is 0.261 e. The second-order valence-corrected chi connectivity index (χ2v) is 6.18. The van der Waals surface area contributed by atoms with Crippen LogP contribution in [0.3, 0.4) is 0 Å². The lowest BCUT2D eigenvalue weighted by atomic mass is 10.2. The largest absolute Gasteiger partial charge is 0.323 e. The third kappa shape index (κ3) is 3.42. The number of amides is 1. The number of carbonyl (C=O) groups is 1. The van der Waals surface area contributed by atoms with E-state index in [1.807, 2.05) is 0 Å². The SMILES string of the molecule is O=C(Cn1cnc2ccccc2c1=O)Nc1cc(Cl)ccc1-n1cncn1. The predicted molar refractivity (Wildman–Crippen MR) is 101 cm³/mol. The highest BCUT2D eigenvalue weighted by Crippen LogP contribution is 2.24. The summed E-state index contributed by atoms with van der Waals surface area (Å²) in [5, 5.41) is 7.74. The second kappa shape index (κ2) is 7.00. The van der Waals surface area contributed by atoms with E-state index in [1.54, 1.807) is 42.5 Å². The highest BCUT2D eigenvalue weighted by Gasteiger charge is 2.12. The normalized spacial score (nSPS) is 10.9. The number of fused-ring (bicyclic) bond motifs is 1. The Morgan fingerprint density at radius 1 is 1.15 bits per heavy atom. The summed E-state index contributed by atoms with van der Waals surface area (Å²) >= 11 is 6.05. The molecule has 27 heavy (non-hydrogen) atoms. The number of hydrogen-bond donors (Lipinski definition) is 1. The van der Waals surface area contributed by atoms with Gasteiger partial charge in [0.15, 0.2) is 0 Å². The Morgan fingerprint density at radius 2 is 2.00 bits per heavy atom. The van der Waals surface area contributed by atoms with Crippen molar-refractivity contribution < 1.29 is 4.79 Å². The molecule has 0 saturated heterocycles. The van der Waals surface area contributed by atoms with Crippen LogP contribution >= 0.6 is 11.6 Å². The lowest BCUT2D eigenvalue weighted by Gasteiger charge is -2.12. The minimum Gasteiger partial charge on any atom is -0.323 e. The average Bonchev–Trinajstić information content (AvgIpc) is 3.19. The van der Waals surface area contributed by atoms with Crippen molar-refractivity contribution in [2.24, 2.45) is 0 Å². The van der Waals surface area contributed by atoms with Gasteiger partial charge in [0.1, 0.15) is 19.2 Å². The number of hydrogen-bond acceptors (Lipinski definition) is 5. The van der Waals surface area contributed by atoms with Crippen LogP contribution in [0.5, 0.6) is 0 Å². The fourth-order valence-corrected chi connectivity index (χ4v) is 2.88. The number of aromatic nitrogens is 5. The van der Waals surface area contributed by atoms with Crippen LogP contribution in [0.15, 0.2) is 66.2 Å². The van der Waals surface area contributed by atoms with E-state index < -0.39 is 5.91 Å². The van der Waals surface area contributed by atoms with Gasteiger partial charge >= 0.3 is 0 Å². The van der Waals surface area contributed by atoms with Crippen molar-refractivity contribution in [2.75, 3.05) is 5.32 Å². The summed E-state index contributed by atoms with van der Waals surface area (Å²) in [5.74, 6) is -0.391. The van der Waals surface area contributed by atoms with Crippen LogP contribution in [-0.2, 0) is 11.3 Å². The summed E-state index contributed by atoms with van der Waals surface area (Å²) in [5.41, 5.74) is 1.37. The summed E-state index contributed by atoms with van der Waals surface area (Å²) in [6, 6.07) is 12.0. The molecular weight excluding hydrogens is 368 g/mol. The van der Waals surface area contributed by atoms with Gasteiger partial charge in [0, 0.05) is 5.02 Å². The molecular formula is C18H13ClN6O2. The molecule has 0 spiro atoms. The third-order valence-electron chi connectivity index (χ3n) is 3.94. The number of nitrogens with one attached hydrogen (secondary N) is 1. The molecule has 8 nitrogen and oxygen atoms in total. The monoisotopic (exact) mass is 380 g/mol. The summed E-state index contributed by atoms with van der Waals surface area (Å²) in [6.45, 7) is -0.181. The van der Waals surface area contributed by atoms with E-state index in [2.05, 4.69) is 20.4 Å². The van der Waals surface area contributed by atoms with Crippen LogP contribution in [0.2, 0.25) is 5.02 Å². The van der Waals surface area contributed by atoms with Crippen molar-refractivity contribution in [3.63, 3.8) is 0 Å². The Morgan fingerprint density at radius 3 is 2.81 bits per heavy atom. The zero-order chi connectivity index (χ0) is 18.8. The predicted octanol–water partition coefficient (Wildman–Crippen LogP) is 2.27. The highest BCUT2D eigenvalue weighted by atomic mass is 35.5. The first kappa shape index (κ1) is 16.9. The number of carbonyl (C=O) groups excluding carboxylic acids is 1. The Kier molecular flexibility index (Phi) is 4.39. The maximum absolute atomic E-state index is 12.5. The summed E-state index contributed by atoms with van der Waals surface area (Å²) in [6.07, 6.45) is 4.26. The van der Waals surface area contributed by atoms with Crippen molar-refractivity contribution in [1.29, 1.82) is 0 Å². The molecule has 2 aromatic heterocycles. The molecule has 0 saturated carbocycles. The van der Waals surface area contributed by atoms with Gasteiger partial charge < -0.3 is 5.32 Å². The topological polar surface area (TPSA) is 94.7 Å². The molecule has 0 aliphatic rings. The molecule has 1 amide bonds. The highest BCUT2D eigenvalue weighted by molar-refractivity contribution is 6.31. The first-order chi connectivity index (χ1) is 13.1. The van der Waals surface area contributed by atoms with Gasteiger partial charge in [-0.25, -0.2) is 14.6 Å². The van der Waals surface area contributed by atoms with E-state index in [0.29, 0.717) is 27.3 Å². The van der Waals surface area contributed by atoms with Gasteiger partial charge in [-0.05, 0) is 30.3 Å². The fraction of sp³-hybridized carbons (Fsp3) is 0.0556. The van der Waals surface area contributed by atoms with Crippen molar-refractivity contribution in [3.8, 4) is 5.69 Å². The Bertz CT molecular complexity index is 1190. The molecule has 2 heterocycles. The molecule has 0 aliphatic carbocycles. The van der Waals surface area contributed by atoms with Gasteiger partial charge in [0.2, 0.25) is 5.91 Å². The van der Waals surface area contributed by atoms with Crippen LogP contribution in [0.25, 0.3) is 16.6 Å². The minimum absolute atomic E-state index is 0.181. The molecule has 4 aromatic rings. The van der Waals surface area contributed by atoms with Crippen LogP contribution in [0.1, 0.15) is 0 Å². The first-order valence-corrected chi connectivity index (χ1v) is 8.38. The van der Waals surface area contributed by atoms with Crippen molar-refractivity contribution in [2.45, 2.75) is 6.54 Å². The quantitative estimate of drug-likeness (QED) is 0.586. The minimum atomic E-state index is -0.391. The van der Waals surface area contributed by atoms with Crippen molar-refractivity contribution >= 4 is 34.1 Å². The van der Waals surface area contributed by atoms with Gasteiger partial charge in [-0.2, -0.15) is 5.10 Å². The van der Waals surface area contributed by atoms with Crippen LogP contribution in [0.4, 0.5) is 5.69 Å². The van der Waals surface area contributed by atoms with Crippen LogP contribution < -0.4 is 10.9 Å². The fourth-order valence-electron chi connectivity index (χ4n) is 2.70. The lowest BCUT2D eigenvalue weighted by Crippen LogP contribution is -2.28. The van der Waals surface area contributed by atoms with Crippen molar-refractivity contribution in [1.82, 2.24) is 24.3 Å². The van der Waals surface area contributed by atoms with Gasteiger partial charge in [0.05, 0.1) is 28.6 Å². The third-order valence-corrected chi connectivity index (χ3v) is 4.18. The van der Waals surface area contributed by atoms with Crippen molar-refractivity contribution in [3.05, 3.63) is 76.8 Å². The number of benzene rings is 2. The van der Waals surface area contributed by atoms with E-state index >= 15 is 0 Å². The smallest absolute Gasteiger partial charge is 0.261 e. The molecule has 9 heteroatoms. The maximum atomic E-state index is 12.5. The van der Waals surface area contributed by atoms with Gasteiger partial charge in [0.25, 0.3) is 5.56 Å². The van der Waals surface area contributed by atoms with Gasteiger partial charge in [-0.3, -0.25) is 14.2 Å². The average molecular weight is 381 g/mol. The summed E-state index contributed by atoms with van der Waals surface area (Å²) in [7, 11) is 0. The molecule has 0 atom stereocenters. The number of halogens is 1. The number of nitrogens with zero attached hydrogens (tertiary/aromatic N) is 5.